The van der Waals surface area contributed by atoms with Crippen LogP contribution in [-0.4, -0.2) is 23.1 Å². The van der Waals surface area contributed by atoms with Crippen molar-refractivity contribution in [1.82, 2.24) is 10.3 Å². The van der Waals surface area contributed by atoms with E-state index in [1.165, 1.54) is 6.20 Å². The lowest BCUT2D eigenvalue weighted by atomic mass is 9.85. The molecule has 0 saturated heterocycles. The Morgan fingerprint density at radius 2 is 1.95 bits per heavy atom. The summed E-state index contributed by atoms with van der Waals surface area (Å²) in [4.78, 5) is 15.9. The molecule has 1 N–H and O–H groups in total. The SMILES string of the molecule is O=C(NC1CCC(C(F)(F)F)CC1)c1ncccc1Br. The molecule has 0 atom stereocenters. The zero-order chi connectivity index (χ0) is 14.8. The fraction of sp³-hybridized carbons (Fsp3) is 0.538. The maximum atomic E-state index is 12.5. The topological polar surface area (TPSA) is 42.0 Å². The summed E-state index contributed by atoms with van der Waals surface area (Å²) >= 11 is 3.23. The van der Waals surface area contributed by atoms with Crippen LogP contribution in [0.25, 0.3) is 0 Å². The molecule has 1 aromatic rings. The third-order valence-corrected chi connectivity index (χ3v) is 4.14. The smallest absolute Gasteiger partial charge is 0.348 e. The third-order valence-electron chi connectivity index (χ3n) is 3.50. The van der Waals surface area contributed by atoms with Crippen LogP contribution in [-0.2, 0) is 0 Å². The number of nitrogens with zero attached hydrogens (tertiary/aromatic N) is 1. The average Bonchev–Trinajstić information content (AvgIpc) is 2.38. The molecule has 1 aromatic heterocycles. The lowest BCUT2D eigenvalue weighted by Gasteiger charge is -2.30. The molecule has 0 aromatic carbocycles. The number of rotatable bonds is 2. The number of carbonyl (C=O) groups excluding carboxylic acids is 1. The Morgan fingerprint density at radius 3 is 2.50 bits per heavy atom. The standard InChI is InChI=1S/C13H14BrF3N2O/c14-10-2-1-7-18-11(10)12(20)19-9-5-3-8(4-6-9)13(15,16)17/h1-2,7-9H,3-6H2,(H,19,20). The van der Waals surface area contributed by atoms with E-state index in [2.05, 4.69) is 26.2 Å². The van der Waals surface area contributed by atoms with Crippen LogP contribution in [0.5, 0.6) is 0 Å². The normalized spacial score (nSPS) is 23.4. The van der Waals surface area contributed by atoms with Crippen molar-refractivity contribution >= 4 is 21.8 Å². The van der Waals surface area contributed by atoms with Gasteiger partial charge in [0.15, 0.2) is 0 Å². The van der Waals surface area contributed by atoms with E-state index < -0.39 is 12.1 Å². The van der Waals surface area contributed by atoms with Crippen LogP contribution in [0.3, 0.4) is 0 Å². The first kappa shape index (κ1) is 15.3. The molecule has 0 aliphatic heterocycles. The summed E-state index contributed by atoms with van der Waals surface area (Å²) in [5, 5.41) is 2.75. The minimum atomic E-state index is -4.13. The van der Waals surface area contributed by atoms with Gasteiger partial charge >= 0.3 is 6.18 Å². The first-order chi connectivity index (χ1) is 9.38. The molecule has 0 radical (unpaired) electrons. The summed E-state index contributed by atoms with van der Waals surface area (Å²) < 4.78 is 38.2. The number of hydrogen-bond acceptors (Lipinski definition) is 2. The van der Waals surface area contributed by atoms with E-state index in [9.17, 15) is 18.0 Å². The number of carbonyl (C=O) groups is 1. The Kier molecular flexibility index (Phi) is 4.67. The second kappa shape index (κ2) is 6.11. The highest BCUT2D eigenvalue weighted by Crippen LogP contribution is 2.37. The van der Waals surface area contributed by atoms with Gasteiger partial charge in [-0.2, -0.15) is 13.2 Å². The first-order valence-corrected chi connectivity index (χ1v) is 7.15. The molecule has 20 heavy (non-hydrogen) atoms. The molecule has 1 fully saturated rings. The molecule has 1 heterocycles. The fourth-order valence-electron chi connectivity index (χ4n) is 2.37. The van der Waals surface area contributed by atoms with Crippen LogP contribution < -0.4 is 5.32 Å². The van der Waals surface area contributed by atoms with E-state index >= 15 is 0 Å². The van der Waals surface area contributed by atoms with Gasteiger partial charge in [0.05, 0.1) is 5.92 Å². The lowest BCUT2D eigenvalue weighted by molar-refractivity contribution is -0.182. The van der Waals surface area contributed by atoms with Crippen LogP contribution in [0.4, 0.5) is 13.2 Å². The summed E-state index contributed by atoms with van der Waals surface area (Å²) in [6, 6.07) is 3.17. The average molecular weight is 351 g/mol. The van der Waals surface area contributed by atoms with Gasteiger partial charge in [0.1, 0.15) is 5.69 Å². The highest BCUT2D eigenvalue weighted by Gasteiger charge is 2.41. The molecule has 0 spiro atoms. The van der Waals surface area contributed by atoms with E-state index in [-0.39, 0.29) is 30.5 Å². The zero-order valence-electron chi connectivity index (χ0n) is 10.6. The van der Waals surface area contributed by atoms with Crippen molar-refractivity contribution in [3.05, 3.63) is 28.5 Å². The molecule has 1 aliphatic carbocycles. The summed E-state index contributed by atoms with van der Waals surface area (Å²) in [6.07, 6.45) is -1.80. The Hall–Kier alpha value is -1.11. The number of alkyl halides is 3. The van der Waals surface area contributed by atoms with Crippen molar-refractivity contribution in [2.45, 2.75) is 37.9 Å². The Bertz CT molecular complexity index is 485. The molecule has 3 nitrogen and oxygen atoms in total. The largest absolute Gasteiger partial charge is 0.391 e. The molecular weight excluding hydrogens is 337 g/mol. The van der Waals surface area contributed by atoms with E-state index in [1.54, 1.807) is 12.1 Å². The zero-order valence-corrected chi connectivity index (χ0v) is 12.2. The van der Waals surface area contributed by atoms with E-state index in [4.69, 9.17) is 0 Å². The van der Waals surface area contributed by atoms with Gasteiger partial charge < -0.3 is 5.32 Å². The molecule has 0 bridgehead atoms. The van der Waals surface area contributed by atoms with Gasteiger partial charge in [-0.3, -0.25) is 4.79 Å². The summed E-state index contributed by atoms with van der Waals surface area (Å²) in [5.74, 6) is -1.59. The maximum absolute atomic E-state index is 12.5. The van der Waals surface area contributed by atoms with Crippen molar-refractivity contribution < 1.29 is 18.0 Å². The molecule has 1 aliphatic rings. The summed E-state index contributed by atoms with van der Waals surface area (Å²) in [5.41, 5.74) is 0.255. The first-order valence-electron chi connectivity index (χ1n) is 6.36. The van der Waals surface area contributed by atoms with Crippen molar-refractivity contribution in [2.75, 3.05) is 0 Å². The van der Waals surface area contributed by atoms with Gasteiger partial charge in [0.25, 0.3) is 5.91 Å². The predicted molar refractivity (Wildman–Crippen MR) is 71.2 cm³/mol. The van der Waals surface area contributed by atoms with Crippen LogP contribution in [0, 0.1) is 5.92 Å². The summed E-state index contributed by atoms with van der Waals surface area (Å²) in [6.45, 7) is 0. The van der Waals surface area contributed by atoms with Crippen molar-refractivity contribution in [1.29, 1.82) is 0 Å². The fourth-order valence-corrected chi connectivity index (χ4v) is 2.81. The molecular formula is C13H14BrF3N2O. The molecule has 7 heteroatoms. The van der Waals surface area contributed by atoms with E-state index in [1.807, 2.05) is 0 Å². The number of nitrogens with one attached hydrogen (secondary N) is 1. The van der Waals surface area contributed by atoms with Crippen molar-refractivity contribution in [2.24, 2.45) is 5.92 Å². The quantitative estimate of drug-likeness (QED) is 0.883. The number of hydrogen-bond donors (Lipinski definition) is 1. The maximum Gasteiger partial charge on any atom is 0.391 e. The predicted octanol–water partition coefficient (Wildman–Crippen LogP) is 3.70. The number of halogens is 4. The van der Waals surface area contributed by atoms with Crippen molar-refractivity contribution in [3.8, 4) is 0 Å². The molecule has 0 unspecified atom stereocenters. The van der Waals surface area contributed by atoms with Crippen LogP contribution in [0.2, 0.25) is 0 Å². The van der Waals surface area contributed by atoms with Gasteiger partial charge in [-0.25, -0.2) is 4.98 Å². The van der Waals surface area contributed by atoms with Gasteiger partial charge in [0, 0.05) is 16.7 Å². The van der Waals surface area contributed by atoms with E-state index in [0.29, 0.717) is 17.3 Å². The molecule has 1 amide bonds. The number of aromatic nitrogens is 1. The number of amides is 1. The monoisotopic (exact) mass is 350 g/mol. The second-order valence-corrected chi connectivity index (χ2v) is 5.75. The van der Waals surface area contributed by atoms with Gasteiger partial charge in [-0.05, 0) is 53.7 Å². The van der Waals surface area contributed by atoms with Crippen LogP contribution in [0.1, 0.15) is 36.2 Å². The Balaban J connectivity index is 1.90. The molecule has 2 rings (SSSR count). The van der Waals surface area contributed by atoms with Crippen molar-refractivity contribution in [3.63, 3.8) is 0 Å². The molecule has 110 valence electrons. The molecule has 1 saturated carbocycles. The van der Waals surface area contributed by atoms with Gasteiger partial charge in [-0.15, -0.1) is 0 Å². The van der Waals surface area contributed by atoms with Gasteiger partial charge in [-0.1, -0.05) is 0 Å². The van der Waals surface area contributed by atoms with Crippen LogP contribution in [0.15, 0.2) is 22.8 Å². The summed E-state index contributed by atoms with van der Waals surface area (Å²) in [7, 11) is 0. The second-order valence-electron chi connectivity index (χ2n) is 4.90. The highest BCUT2D eigenvalue weighted by atomic mass is 79.9. The third kappa shape index (κ3) is 3.71. The lowest BCUT2D eigenvalue weighted by Crippen LogP contribution is -2.40. The Labute approximate surface area is 123 Å². The number of pyridine rings is 1. The Morgan fingerprint density at radius 1 is 1.30 bits per heavy atom. The van der Waals surface area contributed by atoms with Crippen LogP contribution >= 0.6 is 15.9 Å². The highest BCUT2D eigenvalue weighted by molar-refractivity contribution is 9.10. The van der Waals surface area contributed by atoms with E-state index in [0.717, 1.165) is 0 Å². The van der Waals surface area contributed by atoms with Gasteiger partial charge in [0.2, 0.25) is 0 Å². The minimum absolute atomic E-state index is 0.0673. The minimum Gasteiger partial charge on any atom is -0.348 e.